The number of carboxylic acid groups (broad SMARTS) is 1. The van der Waals surface area contributed by atoms with Gasteiger partial charge in [-0.15, -0.1) is 0 Å². The Bertz CT molecular complexity index is 593. The van der Waals surface area contributed by atoms with Crippen molar-refractivity contribution in [2.75, 3.05) is 5.75 Å². The van der Waals surface area contributed by atoms with E-state index in [1.807, 2.05) is 0 Å². The average Bonchev–Trinajstić information content (AvgIpc) is 2.41. The Labute approximate surface area is 134 Å². The highest BCUT2D eigenvalue weighted by atomic mass is 32.1. The molecule has 0 aliphatic rings. The second kappa shape index (κ2) is 7.44. The molecule has 0 aromatic heterocycles. The molecule has 0 unspecified atom stereocenters. The number of amides is 1. The Morgan fingerprint density at radius 2 is 1.83 bits per heavy atom. The lowest BCUT2D eigenvalue weighted by Gasteiger charge is -2.21. The summed E-state index contributed by atoms with van der Waals surface area (Å²) in [6.45, 7) is 0. The van der Waals surface area contributed by atoms with Crippen molar-refractivity contribution in [3.05, 3.63) is 23.8 Å². The van der Waals surface area contributed by atoms with Gasteiger partial charge in [-0.3, -0.25) is 4.79 Å². The number of aliphatic carboxylic acids is 1. The largest absolute Gasteiger partial charge is 0.504 e. The summed E-state index contributed by atoms with van der Waals surface area (Å²) < 4.78 is 37.9. The maximum Gasteiger partial charge on any atom is 0.401 e. The third kappa shape index (κ3) is 5.23. The summed E-state index contributed by atoms with van der Waals surface area (Å²) in [7, 11) is 0. The number of phenols is 2. The first-order chi connectivity index (χ1) is 10.6. The van der Waals surface area contributed by atoms with Gasteiger partial charge in [0.05, 0.1) is 0 Å². The number of halogens is 3. The van der Waals surface area contributed by atoms with Crippen molar-refractivity contribution in [2.45, 2.75) is 18.6 Å². The molecule has 23 heavy (non-hydrogen) atoms. The van der Waals surface area contributed by atoms with Crippen molar-refractivity contribution >= 4 is 24.5 Å². The Kier molecular flexibility index (Phi) is 6.13. The standard InChI is InChI=1S/C13H14F3NO5S/c14-13(15,16)7(5-23)11(20)17-8(12(21)22)3-6-1-2-9(18)10(19)4-6/h1-2,4,7-8,18-19,23H,3,5H2,(H,17,20)(H,21,22)/t7-,8-/m0/s1. The van der Waals surface area contributed by atoms with Gasteiger partial charge >= 0.3 is 12.1 Å². The van der Waals surface area contributed by atoms with Crippen LogP contribution in [0.25, 0.3) is 0 Å². The predicted molar refractivity (Wildman–Crippen MR) is 76.4 cm³/mol. The number of thiol groups is 1. The number of phenolic OH excluding ortho intramolecular Hbond substituents is 2. The molecule has 0 radical (unpaired) electrons. The monoisotopic (exact) mass is 353 g/mol. The molecule has 1 amide bonds. The highest BCUT2D eigenvalue weighted by Gasteiger charge is 2.44. The van der Waals surface area contributed by atoms with E-state index in [9.17, 15) is 27.9 Å². The Balaban J connectivity index is 2.89. The van der Waals surface area contributed by atoms with Crippen LogP contribution in [-0.4, -0.2) is 45.2 Å². The summed E-state index contributed by atoms with van der Waals surface area (Å²) in [5.74, 6) is -7.23. The molecule has 1 aromatic rings. The van der Waals surface area contributed by atoms with Crippen LogP contribution in [0.15, 0.2) is 18.2 Å². The van der Waals surface area contributed by atoms with E-state index < -0.39 is 47.3 Å². The molecule has 2 atom stereocenters. The number of rotatable bonds is 6. The molecule has 0 aliphatic carbocycles. The summed E-state index contributed by atoms with van der Waals surface area (Å²) in [6.07, 6.45) is -5.21. The number of carbonyl (C=O) groups is 2. The Hall–Kier alpha value is -2.10. The lowest BCUT2D eigenvalue weighted by Crippen LogP contribution is -2.48. The quantitative estimate of drug-likeness (QED) is 0.392. The Morgan fingerprint density at radius 3 is 2.26 bits per heavy atom. The third-order valence-corrected chi connectivity index (χ3v) is 3.35. The molecule has 0 saturated heterocycles. The van der Waals surface area contributed by atoms with Gasteiger partial charge in [-0.2, -0.15) is 25.8 Å². The van der Waals surface area contributed by atoms with Crippen LogP contribution in [-0.2, 0) is 16.0 Å². The van der Waals surface area contributed by atoms with E-state index in [0.29, 0.717) is 0 Å². The number of carboxylic acids is 1. The van der Waals surface area contributed by atoms with Gasteiger partial charge in [-0.1, -0.05) is 6.07 Å². The van der Waals surface area contributed by atoms with Crippen molar-refractivity contribution in [3.8, 4) is 11.5 Å². The number of nitrogens with one attached hydrogen (secondary N) is 1. The zero-order valence-corrected chi connectivity index (χ0v) is 12.4. The molecule has 1 rings (SSSR count). The summed E-state index contributed by atoms with van der Waals surface area (Å²) in [6, 6.07) is 1.79. The molecule has 10 heteroatoms. The first-order valence-electron chi connectivity index (χ1n) is 6.28. The van der Waals surface area contributed by atoms with Gasteiger partial charge in [0.15, 0.2) is 11.5 Å². The summed E-state index contributed by atoms with van der Waals surface area (Å²) in [4.78, 5) is 22.7. The number of benzene rings is 1. The van der Waals surface area contributed by atoms with Crippen LogP contribution in [0.2, 0.25) is 0 Å². The fourth-order valence-electron chi connectivity index (χ4n) is 1.74. The topological polar surface area (TPSA) is 107 Å². The maximum atomic E-state index is 12.6. The van der Waals surface area contributed by atoms with Crippen molar-refractivity contribution in [1.29, 1.82) is 0 Å². The van der Waals surface area contributed by atoms with Gasteiger partial charge in [-0.05, 0) is 17.7 Å². The Morgan fingerprint density at radius 1 is 1.22 bits per heavy atom. The van der Waals surface area contributed by atoms with E-state index >= 15 is 0 Å². The lowest BCUT2D eigenvalue weighted by atomic mass is 10.0. The average molecular weight is 353 g/mol. The first kappa shape index (κ1) is 18.9. The molecular formula is C13H14F3NO5S. The fourth-order valence-corrected chi connectivity index (χ4v) is 2.11. The SMILES string of the molecule is O=C(O)[C@H](Cc1ccc(O)c(O)c1)NC(=O)[C@H](CS)C(F)(F)F. The maximum absolute atomic E-state index is 12.6. The van der Waals surface area contributed by atoms with Crippen LogP contribution in [0.5, 0.6) is 11.5 Å². The van der Waals surface area contributed by atoms with Crippen molar-refractivity contribution < 1.29 is 38.1 Å². The molecule has 0 saturated carbocycles. The van der Waals surface area contributed by atoms with Crippen LogP contribution >= 0.6 is 12.6 Å². The minimum absolute atomic E-state index is 0.211. The van der Waals surface area contributed by atoms with Gasteiger partial charge in [0.1, 0.15) is 12.0 Å². The molecule has 1 aromatic carbocycles. The van der Waals surface area contributed by atoms with E-state index in [4.69, 9.17) is 10.2 Å². The fraction of sp³-hybridized carbons (Fsp3) is 0.385. The van der Waals surface area contributed by atoms with Gasteiger partial charge in [-0.25, -0.2) is 4.79 Å². The van der Waals surface area contributed by atoms with Gasteiger partial charge in [0.25, 0.3) is 0 Å². The number of alkyl halides is 3. The zero-order valence-electron chi connectivity index (χ0n) is 11.5. The normalized spacial score (nSPS) is 14.1. The zero-order chi connectivity index (χ0) is 17.8. The summed E-state index contributed by atoms with van der Waals surface area (Å²) >= 11 is 3.46. The van der Waals surface area contributed by atoms with E-state index in [2.05, 4.69) is 12.6 Å². The number of carbonyl (C=O) groups excluding carboxylic acids is 1. The molecule has 0 spiro atoms. The van der Waals surface area contributed by atoms with Crippen LogP contribution in [0, 0.1) is 5.92 Å². The minimum atomic E-state index is -4.84. The molecule has 0 heterocycles. The second-order valence-electron chi connectivity index (χ2n) is 4.70. The van der Waals surface area contributed by atoms with Gasteiger partial charge in [0, 0.05) is 12.2 Å². The third-order valence-electron chi connectivity index (χ3n) is 2.99. The number of hydrogen-bond acceptors (Lipinski definition) is 5. The van der Waals surface area contributed by atoms with Crippen molar-refractivity contribution in [2.24, 2.45) is 5.92 Å². The molecule has 0 bridgehead atoms. The smallest absolute Gasteiger partial charge is 0.401 e. The second-order valence-corrected chi connectivity index (χ2v) is 5.07. The van der Waals surface area contributed by atoms with Crippen molar-refractivity contribution in [3.63, 3.8) is 0 Å². The minimum Gasteiger partial charge on any atom is -0.504 e. The highest BCUT2D eigenvalue weighted by Crippen LogP contribution is 2.28. The van der Waals surface area contributed by atoms with Gasteiger partial charge < -0.3 is 20.6 Å². The molecule has 128 valence electrons. The van der Waals surface area contributed by atoms with Crippen molar-refractivity contribution in [1.82, 2.24) is 5.32 Å². The van der Waals surface area contributed by atoms with Crippen LogP contribution in [0.4, 0.5) is 13.2 Å². The molecule has 4 N–H and O–H groups in total. The van der Waals surface area contributed by atoms with E-state index in [1.54, 1.807) is 5.32 Å². The highest BCUT2D eigenvalue weighted by molar-refractivity contribution is 7.80. The molecular weight excluding hydrogens is 339 g/mol. The van der Waals surface area contributed by atoms with Gasteiger partial charge in [0.2, 0.25) is 5.91 Å². The molecule has 0 aliphatic heterocycles. The summed E-state index contributed by atoms with van der Waals surface area (Å²) in [5.41, 5.74) is 0.211. The lowest BCUT2D eigenvalue weighted by molar-refractivity contribution is -0.178. The van der Waals surface area contributed by atoms with Crippen LogP contribution in [0.3, 0.4) is 0 Å². The van der Waals surface area contributed by atoms with E-state index in [0.717, 1.165) is 12.1 Å². The van der Waals surface area contributed by atoms with Crippen LogP contribution in [0.1, 0.15) is 5.56 Å². The summed E-state index contributed by atoms with van der Waals surface area (Å²) in [5, 5.41) is 29.3. The van der Waals surface area contributed by atoms with E-state index in [-0.39, 0.29) is 12.0 Å². The number of aromatic hydroxyl groups is 2. The molecule has 6 nitrogen and oxygen atoms in total. The number of hydrogen-bond donors (Lipinski definition) is 5. The predicted octanol–water partition coefficient (Wildman–Crippen LogP) is 1.32. The first-order valence-corrected chi connectivity index (χ1v) is 6.91. The molecule has 0 fully saturated rings. The van der Waals surface area contributed by atoms with E-state index in [1.165, 1.54) is 6.07 Å². The van der Waals surface area contributed by atoms with Crippen LogP contribution < -0.4 is 5.32 Å².